The second-order valence-electron chi connectivity index (χ2n) is 8.06. The van der Waals surface area contributed by atoms with Crippen molar-refractivity contribution in [1.29, 1.82) is 0 Å². The summed E-state index contributed by atoms with van der Waals surface area (Å²) in [5.74, 6) is -7.54. The highest BCUT2D eigenvalue weighted by Gasteiger charge is 2.26. The lowest BCUT2D eigenvalue weighted by Crippen LogP contribution is -2.30. The molecule has 0 spiro atoms. The van der Waals surface area contributed by atoms with E-state index >= 15 is 0 Å². The number of halogens is 4. The van der Waals surface area contributed by atoms with Crippen molar-refractivity contribution in [2.45, 2.75) is 13.3 Å². The molecule has 0 atom stereocenters. The van der Waals surface area contributed by atoms with E-state index in [0.29, 0.717) is 11.4 Å². The van der Waals surface area contributed by atoms with Gasteiger partial charge in [0, 0.05) is 18.2 Å². The molecule has 182 valence electrons. The van der Waals surface area contributed by atoms with Gasteiger partial charge < -0.3 is 0 Å². The van der Waals surface area contributed by atoms with E-state index < -0.39 is 46.7 Å². The van der Waals surface area contributed by atoms with Crippen LogP contribution in [0.2, 0.25) is 0 Å². The van der Waals surface area contributed by atoms with Crippen molar-refractivity contribution in [3.8, 4) is 11.3 Å². The SMILES string of the molecule is Cc1c(F)c(F)c(F)c(F)c1CC(=O)N(C)c1ncc(-c2ccccc2)nc1/C=C/c1ccccc1. The summed E-state index contributed by atoms with van der Waals surface area (Å²) in [4.78, 5) is 23.2. The van der Waals surface area contributed by atoms with Crippen LogP contribution in [0.15, 0.2) is 66.9 Å². The third-order valence-corrected chi connectivity index (χ3v) is 5.73. The number of hydrogen-bond acceptors (Lipinski definition) is 3. The molecule has 0 unspecified atom stereocenters. The van der Waals surface area contributed by atoms with Crippen molar-refractivity contribution in [2.24, 2.45) is 0 Å². The molecule has 36 heavy (non-hydrogen) atoms. The Bertz CT molecular complexity index is 1410. The molecule has 0 aliphatic rings. The minimum Gasteiger partial charge on any atom is -0.298 e. The normalized spacial score (nSPS) is 11.2. The molecule has 0 aliphatic carbocycles. The largest absolute Gasteiger partial charge is 0.298 e. The van der Waals surface area contributed by atoms with E-state index in [9.17, 15) is 22.4 Å². The maximum atomic E-state index is 14.4. The Morgan fingerprint density at radius 3 is 2.14 bits per heavy atom. The van der Waals surface area contributed by atoms with Crippen molar-refractivity contribution in [2.75, 3.05) is 11.9 Å². The first-order valence-corrected chi connectivity index (χ1v) is 11.0. The van der Waals surface area contributed by atoms with Crippen LogP contribution in [-0.4, -0.2) is 22.9 Å². The average molecular weight is 491 g/mol. The molecule has 0 radical (unpaired) electrons. The lowest BCUT2D eigenvalue weighted by molar-refractivity contribution is -0.117. The van der Waals surface area contributed by atoms with Gasteiger partial charge in [-0.2, -0.15) is 0 Å². The van der Waals surface area contributed by atoms with Crippen molar-refractivity contribution >= 4 is 23.9 Å². The number of benzene rings is 3. The zero-order chi connectivity index (χ0) is 25.8. The standard InChI is InChI=1S/C28H21F4N3O/c1-17-20(25(30)27(32)26(31)24(17)29)15-23(36)35(2)28-21(14-13-18-9-5-3-6-10-18)34-22(16-33-28)19-11-7-4-8-12-19/h3-14,16H,15H2,1-2H3/b14-13+. The fraction of sp³-hybridized carbons (Fsp3) is 0.107. The lowest BCUT2D eigenvalue weighted by Gasteiger charge is -2.20. The van der Waals surface area contributed by atoms with Crippen LogP contribution >= 0.6 is 0 Å². The molecule has 8 heteroatoms. The minimum atomic E-state index is -1.96. The highest BCUT2D eigenvalue weighted by molar-refractivity contribution is 5.95. The lowest BCUT2D eigenvalue weighted by atomic mass is 10.0. The fourth-order valence-electron chi connectivity index (χ4n) is 3.64. The Kier molecular flexibility index (Phi) is 7.24. The van der Waals surface area contributed by atoms with Gasteiger partial charge in [0.15, 0.2) is 29.1 Å². The first-order chi connectivity index (χ1) is 17.3. The van der Waals surface area contributed by atoms with Gasteiger partial charge in [0.05, 0.1) is 18.3 Å². The summed E-state index contributed by atoms with van der Waals surface area (Å²) in [7, 11) is 1.40. The van der Waals surface area contributed by atoms with E-state index in [0.717, 1.165) is 23.0 Å². The van der Waals surface area contributed by atoms with Gasteiger partial charge in [-0.1, -0.05) is 66.7 Å². The third-order valence-electron chi connectivity index (χ3n) is 5.73. The number of nitrogens with zero attached hydrogens (tertiary/aromatic N) is 3. The Balaban J connectivity index is 1.72. The Hall–Kier alpha value is -4.33. The molecule has 1 amide bonds. The summed E-state index contributed by atoms with van der Waals surface area (Å²) in [5, 5.41) is 0. The summed E-state index contributed by atoms with van der Waals surface area (Å²) in [6, 6.07) is 18.7. The summed E-state index contributed by atoms with van der Waals surface area (Å²) in [5.41, 5.74) is 1.60. The van der Waals surface area contributed by atoms with Crippen LogP contribution in [0.4, 0.5) is 23.4 Å². The highest BCUT2D eigenvalue weighted by atomic mass is 19.2. The summed E-state index contributed by atoms with van der Waals surface area (Å²) < 4.78 is 55.7. The number of aromatic nitrogens is 2. The first kappa shape index (κ1) is 24.8. The van der Waals surface area contributed by atoms with Crippen LogP contribution in [0.1, 0.15) is 22.4 Å². The zero-order valence-corrected chi connectivity index (χ0v) is 19.5. The molecule has 0 fully saturated rings. The number of anilines is 1. The second-order valence-corrected chi connectivity index (χ2v) is 8.06. The molecule has 0 bridgehead atoms. The molecule has 0 N–H and O–H groups in total. The van der Waals surface area contributed by atoms with Crippen molar-refractivity contribution in [3.05, 3.63) is 113 Å². The monoisotopic (exact) mass is 491 g/mol. The van der Waals surface area contributed by atoms with E-state index in [4.69, 9.17) is 0 Å². The van der Waals surface area contributed by atoms with Crippen molar-refractivity contribution < 1.29 is 22.4 Å². The van der Waals surface area contributed by atoms with Gasteiger partial charge in [-0.15, -0.1) is 0 Å². The van der Waals surface area contributed by atoms with Crippen LogP contribution in [0.25, 0.3) is 23.4 Å². The maximum absolute atomic E-state index is 14.4. The maximum Gasteiger partial charge on any atom is 0.232 e. The van der Waals surface area contributed by atoms with Gasteiger partial charge in [0.25, 0.3) is 0 Å². The smallest absolute Gasteiger partial charge is 0.232 e. The van der Waals surface area contributed by atoms with Crippen LogP contribution in [0, 0.1) is 30.2 Å². The average Bonchev–Trinajstić information content (AvgIpc) is 2.92. The van der Waals surface area contributed by atoms with Gasteiger partial charge in [-0.3, -0.25) is 9.69 Å². The number of hydrogen-bond donors (Lipinski definition) is 0. The number of likely N-dealkylation sites (N-methyl/N-ethyl adjacent to an activating group) is 1. The van der Waals surface area contributed by atoms with Gasteiger partial charge >= 0.3 is 0 Å². The molecule has 4 aromatic rings. The Labute approximate surface area is 205 Å². The second kappa shape index (κ2) is 10.5. The summed E-state index contributed by atoms with van der Waals surface area (Å²) in [6.07, 6.45) is 4.29. The topological polar surface area (TPSA) is 46.1 Å². The predicted octanol–water partition coefficient (Wildman–Crippen LogP) is 6.38. The molecular formula is C28H21F4N3O. The fourth-order valence-corrected chi connectivity index (χ4v) is 3.64. The van der Waals surface area contributed by atoms with E-state index in [1.807, 2.05) is 60.7 Å². The molecule has 1 heterocycles. The highest BCUT2D eigenvalue weighted by Crippen LogP contribution is 2.27. The van der Waals surface area contributed by atoms with Crippen LogP contribution in [0.3, 0.4) is 0 Å². The molecule has 0 saturated carbocycles. The first-order valence-electron chi connectivity index (χ1n) is 11.0. The predicted molar refractivity (Wildman–Crippen MR) is 131 cm³/mol. The third kappa shape index (κ3) is 5.02. The van der Waals surface area contributed by atoms with Gasteiger partial charge in [-0.05, 0) is 24.1 Å². The number of carbonyl (C=O) groups excluding carboxylic acids is 1. The van der Waals surface area contributed by atoms with Crippen LogP contribution in [-0.2, 0) is 11.2 Å². The van der Waals surface area contributed by atoms with E-state index in [2.05, 4.69) is 9.97 Å². The van der Waals surface area contributed by atoms with Crippen molar-refractivity contribution in [1.82, 2.24) is 9.97 Å². The van der Waals surface area contributed by atoms with Crippen LogP contribution < -0.4 is 4.90 Å². The number of carbonyl (C=O) groups is 1. The van der Waals surface area contributed by atoms with Gasteiger partial charge in [0.2, 0.25) is 5.91 Å². The molecule has 4 rings (SSSR count). The van der Waals surface area contributed by atoms with Gasteiger partial charge in [0.1, 0.15) is 5.69 Å². The molecule has 0 aliphatic heterocycles. The van der Waals surface area contributed by atoms with E-state index in [1.165, 1.54) is 13.2 Å². The van der Waals surface area contributed by atoms with Gasteiger partial charge in [-0.25, -0.2) is 27.5 Å². The zero-order valence-electron chi connectivity index (χ0n) is 19.5. The molecular weight excluding hydrogens is 470 g/mol. The van der Waals surface area contributed by atoms with Crippen molar-refractivity contribution in [3.63, 3.8) is 0 Å². The molecule has 4 nitrogen and oxygen atoms in total. The number of amides is 1. The molecule has 3 aromatic carbocycles. The Morgan fingerprint density at radius 2 is 1.47 bits per heavy atom. The minimum absolute atomic E-state index is 0.160. The summed E-state index contributed by atoms with van der Waals surface area (Å²) in [6.45, 7) is 1.09. The molecule has 1 aromatic heterocycles. The quantitative estimate of drug-likeness (QED) is 0.179. The molecule has 0 saturated heterocycles. The van der Waals surface area contributed by atoms with E-state index in [1.54, 1.807) is 12.2 Å². The Morgan fingerprint density at radius 1 is 0.861 bits per heavy atom. The summed E-state index contributed by atoms with van der Waals surface area (Å²) >= 11 is 0. The van der Waals surface area contributed by atoms with Crippen LogP contribution in [0.5, 0.6) is 0 Å². The number of rotatable bonds is 6. The van der Waals surface area contributed by atoms with E-state index in [-0.39, 0.29) is 5.82 Å².